The summed E-state index contributed by atoms with van der Waals surface area (Å²) in [5.41, 5.74) is 0.737. The quantitative estimate of drug-likeness (QED) is 0.761. The Balaban J connectivity index is 2.93. The zero-order valence-corrected chi connectivity index (χ0v) is 13.5. The molecule has 0 aliphatic rings. The second-order valence-corrected chi connectivity index (χ2v) is 5.19. The molecule has 1 amide bonds. The Labute approximate surface area is 131 Å². The van der Waals surface area contributed by atoms with Crippen molar-refractivity contribution in [2.75, 3.05) is 20.3 Å². The van der Waals surface area contributed by atoms with Crippen LogP contribution in [0.4, 0.5) is 0 Å². The highest BCUT2D eigenvalue weighted by Gasteiger charge is 2.22. The van der Waals surface area contributed by atoms with Crippen molar-refractivity contribution in [3.63, 3.8) is 0 Å². The van der Waals surface area contributed by atoms with Gasteiger partial charge in [0.25, 0.3) is 0 Å². The van der Waals surface area contributed by atoms with Crippen molar-refractivity contribution in [1.82, 2.24) is 4.90 Å². The highest BCUT2D eigenvalue weighted by atomic mass is 16.5. The zero-order valence-electron chi connectivity index (χ0n) is 13.5. The molecule has 0 fully saturated rings. The first kappa shape index (κ1) is 18.2. The summed E-state index contributed by atoms with van der Waals surface area (Å²) in [6, 6.07) is 6.80. The minimum absolute atomic E-state index is 0.0561. The van der Waals surface area contributed by atoms with Gasteiger partial charge in [-0.25, -0.2) is 4.79 Å². The Morgan fingerprint density at radius 3 is 2.41 bits per heavy atom. The van der Waals surface area contributed by atoms with Crippen LogP contribution in [-0.2, 0) is 16.0 Å². The van der Waals surface area contributed by atoms with Crippen molar-refractivity contribution in [2.45, 2.75) is 39.2 Å². The number of carboxylic acid groups (broad SMARTS) is 1. The van der Waals surface area contributed by atoms with E-state index in [4.69, 9.17) is 4.74 Å². The minimum Gasteiger partial charge on any atom is -0.478 e. The largest absolute Gasteiger partial charge is 0.478 e. The lowest BCUT2D eigenvalue weighted by molar-refractivity contribution is -0.133. The Kier molecular flexibility index (Phi) is 7.60. The van der Waals surface area contributed by atoms with Crippen LogP contribution in [0.2, 0.25) is 0 Å². The van der Waals surface area contributed by atoms with Gasteiger partial charge in [0.05, 0.1) is 18.6 Å². The third-order valence-corrected chi connectivity index (χ3v) is 3.83. The molecule has 5 nitrogen and oxygen atoms in total. The average Bonchev–Trinajstić information content (AvgIpc) is 2.51. The summed E-state index contributed by atoms with van der Waals surface area (Å²) in [4.78, 5) is 25.7. The van der Waals surface area contributed by atoms with Crippen molar-refractivity contribution >= 4 is 11.9 Å². The summed E-state index contributed by atoms with van der Waals surface area (Å²) in [6.45, 7) is 5.10. The van der Waals surface area contributed by atoms with E-state index in [2.05, 4.69) is 0 Å². The molecule has 0 radical (unpaired) electrons. The van der Waals surface area contributed by atoms with E-state index in [1.54, 1.807) is 25.3 Å². The summed E-state index contributed by atoms with van der Waals surface area (Å²) in [6.07, 6.45) is 1.84. The van der Waals surface area contributed by atoms with Crippen LogP contribution in [0.15, 0.2) is 24.3 Å². The molecule has 0 atom stereocenters. The highest BCUT2D eigenvalue weighted by Crippen LogP contribution is 2.15. The number of carboxylic acids is 1. The number of methoxy groups -OCH3 is 1. The van der Waals surface area contributed by atoms with Crippen molar-refractivity contribution < 1.29 is 19.4 Å². The van der Waals surface area contributed by atoms with Crippen LogP contribution in [0.5, 0.6) is 0 Å². The van der Waals surface area contributed by atoms with E-state index < -0.39 is 5.97 Å². The Morgan fingerprint density at radius 1 is 1.23 bits per heavy atom. The third-order valence-electron chi connectivity index (χ3n) is 3.83. The summed E-state index contributed by atoms with van der Waals surface area (Å²) < 4.78 is 5.09. The van der Waals surface area contributed by atoms with Gasteiger partial charge in [-0.2, -0.15) is 0 Å². The summed E-state index contributed by atoms with van der Waals surface area (Å²) in [5, 5.41) is 9.22. The molecule has 22 heavy (non-hydrogen) atoms. The SMILES string of the molecule is CCC(CC)N(CCOC)C(=O)Cc1ccccc1C(=O)O. The second-order valence-electron chi connectivity index (χ2n) is 5.19. The maximum atomic E-state index is 12.6. The van der Waals surface area contributed by atoms with Gasteiger partial charge in [0.15, 0.2) is 0 Å². The van der Waals surface area contributed by atoms with Crippen LogP contribution in [-0.4, -0.2) is 48.2 Å². The molecule has 0 aliphatic heterocycles. The number of amides is 1. The van der Waals surface area contributed by atoms with Crippen molar-refractivity contribution in [3.05, 3.63) is 35.4 Å². The van der Waals surface area contributed by atoms with Gasteiger partial charge >= 0.3 is 5.97 Å². The van der Waals surface area contributed by atoms with E-state index in [0.717, 1.165) is 12.8 Å². The van der Waals surface area contributed by atoms with Crippen molar-refractivity contribution in [1.29, 1.82) is 0 Å². The molecule has 1 N–H and O–H groups in total. The van der Waals surface area contributed by atoms with Gasteiger partial charge < -0.3 is 14.7 Å². The van der Waals surface area contributed by atoms with Crippen LogP contribution in [0.1, 0.15) is 42.6 Å². The number of aromatic carboxylic acids is 1. The molecule has 0 aromatic heterocycles. The predicted octanol–water partition coefficient (Wildman–Crippen LogP) is 2.59. The molecule has 0 aliphatic carbocycles. The van der Waals surface area contributed by atoms with Crippen molar-refractivity contribution in [2.24, 2.45) is 0 Å². The van der Waals surface area contributed by atoms with E-state index in [-0.39, 0.29) is 23.9 Å². The fourth-order valence-electron chi connectivity index (χ4n) is 2.58. The summed E-state index contributed by atoms with van der Waals surface area (Å²) >= 11 is 0. The number of hydrogen-bond donors (Lipinski definition) is 1. The number of ether oxygens (including phenoxy) is 1. The first-order valence-electron chi connectivity index (χ1n) is 7.64. The van der Waals surface area contributed by atoms with E-state index in [9.17, 15) is 14.7 Å². The van der Waals surface area contributed by atoms with Gasteiger partial charge in [-0.15, -0.1) is 0 Å². The fraction of sp³-hybridized carbons (Fsp3) is 0.529. The molecule has 1 aromatic rings. The number of nitrogens with zero attached hydrogens (tertiary/aromatic N) is 1. The Morgan fingerprint density at radius 2 is 1.86 bits per heavy atom. The first-order valence-corrected chi connectivity index (χ1v) is 7.64. The van der Waals surface area contributed by atoms with Crippen LogP contribution < -0.4 is 0 Å². The topological polar surface area (TPSA) is 66.8 Å². The molecule has 0 saturated heterocycles. The van der Waals surface area contributed by atoms with E-state index in [1.165, 1.54) is 6.07 Å². The standard InChI is InChI=1S/C17H25NO4/c1-4-14(5-2)18(10-11-22-3)16(19)12-13-8-6-7-9-15(13)17(20)21/h6-9,14H,4-5,10-12H2,1-3H3,(H,20,21). The van der Waals surface area contributed by atoms with Crippen LogP contribution in [0, 0.1) is 0 Å². The number of carbonyl (C=O) groups excluding carboxylic acids is 1. The first-order chi connectivity index (χ1) is 10.5. The second kappa shape index (κ2) is 9.20. The predicted molar refractivity (Wildman–Crippen MR) is 85.1 cm³/mol. The fourth-order valence-corrected chi connectivity index (χ4v) is 2.58. The lowest BCUT2D eigenvalue weighted by Gasteiger charge is -2.30. The van der Waals surface area contributed by atoms with Crippen molar-refractivity contribution in [3.8, 4) is 0 Å². The maximum absolute atomic E-state index is 12.6. The number of rotatable bonds is 9. The Hall–Kier alpha value is -1.88. The van der Waals surface area contributed by atoms with Gasteiger partial charge in [0.1, 0.15) is 0 Å². The molecule has 5 heteroatoms. The number of hydrogen-bond acceptors (Lipinski definition) is 3. The van der Waals surface area contributed by atoms with Gasteiger partial charge in [-0.1, -0.05) is 32.0 Å². The molecule has 0 spiro atoms. The molecular formula is C17H25NO4. The summed E-state index contributed by atoms with van der Waals surface area (Å²) in [7, 11) is 1.61. The molecule has 0 saturated carbocycles. The number of benzene rings is 1. The zero-order chi connectivity index (χ0) is 16.5. The van der Waals surface area contributed by atoms with Gasteiger partial charge in [0, 0.05) is 19.7 Å². The molecule has 0 bridgehead atoms. The highest BCUT2D eigenvalue weighted by molar-refractivity contribution is 5.91. The maximum Gasteiger partial charge on any atom is 0.335 e. The third kappa shape index (κ3) is 4.84. The Bertz CT molecular complexity index is 497. The molecule has 1 aromatic carbocycles. The number of carbonyl (C=O) groups is 2. The minimum atomic E-state index is -1.01. The molecule has 1 rings (SSSR count). The molecule has 122 valence electrons. The molecule has 0 heterocycles. The van der Waals surface area contributed by atoms with Gasteiger partial charge in [-0.3, -0.25) is 4.79 Å². The van der Waals surface area contributed by atoms with Gasteiger partial charge in [0.2, 0.25) is 5.91 Å². The lowest BCUT2D eigenvalue weighted by atomic mass is 10.0. The smallest absolute Gasteiger partial charge is 0.335 e. The normalized spacial score (nSPS) is 10.7. The van der Waals surface area contributed by atoms with E-state index >= 15 is 0 Å². The molecular weight excluding hydrogens is 282 g/mol. The van der Waals surface area contributed by atoms with Crippen LogP contribution >= 0.6 is 0 Å². The average molecular weight is 307 g/mol. The monoisotopic (exact) mass is 307 g/mol. The van der Waals surface area contributed by atoms with E-state index in [1.807, 2.05) is 18.7 Å². The summed E-state index contributed by atoms with van der Waals surface area (Å²) in [5.74, 6) is -1.06. The molecule has 0 unspecified atom stereocenters. The van der Waals surface area contributed by atoms with E-state index in [0.29, 0.717) is 18.7 Å². The lowest BCUT2D eigenvalue weighted by Crippen LogP contribution is -2.42. The van der Waals surface area contributed by atoms with Gasteiger partial charge in [-0.05, 0) is 24.5 Å². The van der Waals surface area contributed by atoms with Crippen LogP contribution in [0.3, 0.4) is 0 Å². The van der Waals surface area contributed by atoms with Crippen LogP contribution in [0.25, 0.3) is 0 Å².